The van der Waals surface area contributed by atoms with Gasteiger partial charge in [0, 0.05) is 0 Å². The van der Waals surface area contributed by atoms with Crippen LogP contribution in [0.25, 0.3) is 0 Å². The highest BCUT2D eigenvalue weighted by molar-refractivity contribution is 5.74. The molecule has 18 heavy (non-hydrogen) atoms. The number of hydrogen-bond donors (Lipinski definition) is 3. The van der Waals surface area contributed by atoms with Crippen molar-refractivity contribution in [2.45, 2.75) is 38.3 Å². The number of aryl methyl sites for hydroxylation is 1. The molecule has 4 nitrogen and oxygen atoms in total. The number of urea groups is 1. The number of hydrogen-bond acceptors (Lipinski definition) is 2. The third-order valence-corrected chi connectivity index (χ3v) is 3.33. The molecule has 4 heteroatoms. The Hall–Kier alpha value is -1.55. The molecule has 0 fully saturated rings. The van der Waals surface area contributed by atoms with Crippen molar-refractivity contribution >= 4 is 6.03 Å². The average molecular weight is 248 g/mol. The molecule has 1 aromatic carbocycles. The molecule has 0 heterocycles. The molecule has 3 N–H and O–H groups in total. The number of carbonyl (C=O) groups excluding carboxylic acids is 1. The largest absolute Gasteiger partial charge is 0.394 e. The van der Waals surface area contributed by atoms with Crippen LogP contribution in [0.3, 0.4) is 0 Å². The second-order valence-corrected chi connectivity index (χ2v) is 4.85. The van der Waals surface area contributed by atoms with Crippen LogP contribution in [0.5, 0.6) is 0 Å². The van der Waals surface area contributed by atoms with Gasteiger partial charge in [0.05, 0.1) is 18.7 Å². The smallest absolute Gasteiger partial charge is 0.315 e. The maximum Gasteiger partial charge on any atom is 0.315 e. The zero-order valence-electron chi connectivity index (χ0n) is 10.6. The molecule has 0 aliphatic heterocycles. The molecule has 0 spiro atoms. The lowest BCUT2D eigenvalue weighted by atomic mass is 9.88. The van der Waals surface area contributed by atoms with Crippen LogP contribution in [0.15, 0.2) is 24.3 Å². The van der Waals surface area contributed by atoms with Crippen molar-refractivity contribution in [2.24, 2.45) is 0 Å². The molecule has 2 unspecified atom stereocenters. The fraction of sp³-hybridized carbons (Fsp3) is 0.500. The van der Waals surface area contributed by atoms with Crippen molar-refractivity contribution in [1.29, 1.82) is 0 Å². The monoisotopic (exact) mass is 248 g/mol. The van der Waals surface area contributed by atoms with Crippen LogP contribution in [-0.2, 0) is 6.42 Å². The molecule has 1 aliphatic carbocycles. The summed E-state index contributed by atoms with van der Waals surface area (Å²) >= 11 is 0. The van der Waals surface area contributed by atoms with Gasteiger partial charge in [0.1, 0.15) is 0 Å². The highest BCUT2D eigenvalue weighted by atomic mass is 16.3. The molecular formula is C14H20N2O2. The highest BCUT2D eigenvalue weighted by Gasteiger charge is 2.21. The standard InChI is InChI=1S/C14H20N2O2/c1-10(9-17)15-14(18)16-13-8-4-6-11-5-2-3-7-12(11)13/h2-3,5,7,10,13,17H,4,6,8-9H2,1H3,(H2,15,16,18). The number of rotatable bonds is 3. The maximum atomic E-state index is 11.8. The van der Waals surface area contributed by atoms with E-state index in [2.05, 4.69) is 22.8 Å². The normalized spacial score (nSPS) is 19.8. The number of aliphatic hydroxyl groups is 1. The van der Waals surface area contributed by atoms with Crippen molar-refractivity contribution in [1.82, 2.24) is 10.6 Å². The van der Waals surface area contributed by atoms with Gasteiger partial charge in [-0.1, -0.05) is 24.3 Å². The van der Waals surface area contributed by atoms with Crippen molar-refractivity contribution in [3.05, 3.63) is 35.4 Å². The van der Waals surface area contributed by atoms with Crippen molar-refractivity contribution in [3.63, 3.8) is 0 Å². The second kappa shape index (κ2) is 5.87. The van der Waals surface area contributed by atoms with Crippen LogP contribution in [0.1, 0.15) is 36.9 Å². The molecule has 0 saturated carbocycles. The summed E-state index contributed by atoms with van der Waals surface area (Å²) in [6.45, 7) is 1.73. The van der Waals surface area contributed by atoms with Crippen molar-refractivity contribution < 1.29 is 9.90 Å². The van der Waals surface area contributed by atoms with Crippen molar-refractivity contribution in [2.75, 3.05) is 6.61 Å². The van der Waals surface area contributed by atoms with Crippen molar-refractivity contribution in [3.8, 4) is 0 Å². The van der Waals surface area contributed by atoms with E-state index in [1.54, 1.807) is 6.92 Å². The lowest BCUT2D eigenvalue weighted by Crippen LogP contribution is -2.44. The Bertz CT molecular complexity index is 420. The highest BCUT2D eigenvalue weighted by Crippen LogP contribution is 2.29. The Labute approximate surface area is 107 Å². The van der Waals surface area contributed by atoms with Crippen LogP contribution >= 0.6 is 0 Å². The number of nitrogens with one attached hydrogen (secondary N) is 2. The summed E-state index contributed by atoms with van der Waals surface area (Å²) < 4.78 is 0. The Balaban J connectivity index is 2.01. The van der Waals surface area contributed by atoms with E-state index in [1.807, 2.05) is 12.1 Å². The molecule has 0 aromatic heterocycles. The van der Waals surface area contributed by atoms with Gasteiger partial charge in [-0.25, -0.2) is 4.79 Å². The van der Waals surface area contributed by atoms with Gasteiger partial charge in [-0.15, -0.1) is 0 Å². The van der Waals surface area contributed by atoms with Gasteiger partial charge >= 0.3 is 6.03 Å². The second-order valence-electron chi connectivity index (χ2n) is 4.85. The third kappa shape index (κ3) is 3.01. The van der Waals surface area contributed by atoms with Gasteiger partial charge in [0.15, 0.2) is 0 Å². The first-order valence-corrected chi connectivity index (χ1v) is 6.46. The fourth-order valence-corrected chi connectivity index (χ4v) is 2.37. The predicted octanol–water partition coefficient (Wildman–Crippen LogP) is 1.74. The lowest BCUT2D eigenvalue weighted by molar-refractivity contribution is 0.216. The molecule has 2 amide bonds. The first kappa shape index (κ1) is 12.9. The van der Waals surface area contributed by atoms with E-state index >= 15 is 0 Å². The van der Waals surface area contributed by atoms with Crippen LogP contribution in [0.2, 0.25) is 0 Å². The summed E-state index contributed by atoms with van der Waals surface area (Å²) in [7, 11) is 0. The molecular weight excluding hydrogens is 228 g/mol. The molecule has 1 aliphatic rings. The number of aliphatic hydroxyl groups excluding tert-OH is 1. The van der Waals surface area contributed by atoms with Gasteiger partial charge in [-0.05, 0) is 37.3 Å². The van der Waals surface area contributed by atoms with E-state index in [0.29, 0.717) is 0 Å². The SMILES string of the molecule is CC(CO)NC(=O)NC1CCCc2ccccc21. The van der Waals surface area contributed by atoms with Gasteiger partial charge in [-0.2, -0.15) is 0 Å². The minimum absolute atomic E-state index is 0.0470. The van der Waals surface area contributed by atoms with Gasteiger partial charge < -0.3 is 15.7 Å². The van der Waals surface area contributed by atoms with Crippen LogP contribution in [-0.4, -0.2) is 23.8 Å². The van der Waals surface area contributed by atoms with E-state index in [0.717, 1.165) is 19.3 Å². The summed E-state index contributed by atoms with van der Waals surface area (Å²) in [4.78, 5) is 11.8. The van der Waals surface area contributed by atoms with E-state index in [9.17, 15) is 4.79 Å². The van der Waals surface area contributed by atoms with Gasteiger partial charge in [0.25, 0.3) is 0 Å². The number of amides is 2. The number of fused-ring (bicyclic) bond motifs is 1. The first-order valence-electron chi connectivity index (χ1n) is 6.46. The molecule has 2 atom stereocenters. The Morgan fingerprint density at radius 1 is 1.50 bits per heavy atom. The predicted molar refractivity (Wildman–Crippen MR) is 70.3 cm³/mol. The van der Waals surface area contributed by atoms with Gasteiger partial charge in [-0.3, -0.25) is 0 Å². The van der Waals surface area contributed by atoms with Crippen LogP contribution in [0.4, 0.5) is 4.79 Å². The van der Waals surface area contributed by atoms with E-state index in [4.69, 9.17) is 5.11 Å². The van der Waals surface area contributed by atoms with E-state index in [1.165, 1.54) is 11.1 Å². The van der Waals surface area contributed by atoms with Crippen LogP contribution < -0.4 is 10.6 Å². The third-order valence-electron chi connectivity index (χ3n) is 3.33. The molecule has 2 rings (SSSR count). The number of carbonyl (C=O) groups is 1. The first-order chi connectivity index (χ1) is 8.70. The summed E-state index contributed by atoms with van der Waals surface area (Å²) in [5.41, 5.74) is 2.54. The molecule has 1 aromatic rings. The van der Waals surface area contributed by atoms with E-state index in [-0.39, 0.29) is 24.7 Å². The van der Waals surface area contributed by atoms with E-state index < -0.39 is 0 Å². The molecule has 0 saturated heterocycles. The zero-order valence-corrected chi connectivity index (χ0v) is 10.6. The Morgan fingerprint density at radius 2 is 2.28 bits per heavy atom. The number of benzene rings is 1. The molecule has 0 radical (unpaired) electrons. The molecule has 98 valence electrons. The molecule has 0 bridgehead atoms. The Kier molecular flexibility index (Phi) is 4.20. The fourth-order valence-electron chi connectivity index (χ4n) is 2.37. The zero-order chi connectivity index (χ0) is 13.0. The van der Waals surface area contributed by atoms with Gasteiger partial charge in [0.2, 0.25) is 0 Å². The summed E-state index contributed by atoms with van der Waals surface area (Å²) in [6, 6.07) is 7.90. The quantitative estimate of drug-likeness (QED) is 0.763. The topological polar surface area (TPSA) is 61.4 Å². The summed E-state index contributed by atoms with van der Waals surface area (Å²) in [5, 5.41) is 14.6. The van der Waals surface area contributed by atoms with Crippen LogP contribution in [0, 0.1) is 0 Å². The maximum absolute atomic E-state index is 11.8. The minimum Gasteiger partial charge on any atom is -0.394 e. The minimum atomic E-state index is -0.219. The average Bonchev–Trinajstić information content (AvgIpc) is 2.39. The lowest BCUT2D eigenvalue weighted by Gasteiger charge is -2.27. The Morgan fingerprint density at radius 3 is 3.06 bits per heavy atom. The summed E-state index contributed by atoms with van der Waals surface area (Å²) in [5.74, 6) is 0. The summed E-state index contributed by atoms with van der Waals surface area (Å²) in [6.07, 6.45) is 3.15.